The number of carbonyl (C=O) groups excluding carboxylic acids is 1. The Morgan fingerprint density at radius 2 is 2.00 bits per heavy atom. The molecular weight excluding hydrogens is 220 g/mol. The summed E-state index contributed by atoms with van der Waals surface area (Å²) in [6.45, 7) is 10.9. The first-order valence-electron chi connectivity index (χ1n) is 3.80. The van der Waals surface area contributed by atoms with Crippen molar-refractivity contribution in [2.24, 2.45) is 0 Å². The third kappa shape index (κ3) is 3.90. The van der Waals surface area contributed by atoms with Gasteiger partial charge >= 0.3 is 5.97 Å². The number of hydrogen-bond donors (Lipinski definition) is 0. The maximum atomic E-state index is 11.1. The lowest BCUT2D eigenvalue weighted by molar-refractivity contribution is -0.144. The van der Waals surface area contributed by atoms with Crippen LogP contribution in [0.2, 0.25) is 0 Å². The van der Waals surface area contributed by atoms with E-state index in [0.717, 1.165) is 0 Å². The van der Waals surface area contributed by atoms with Crippen molar-refractivity contribution in [1.29, 1.82) is 0 Å². The van der Waals surface area contributed by atoms with E-state index >= 15 is 0 Å². The molecule has 0 fully saturated rings. The van der Waals surface area contributed by atoms with Crippen molar-refractivity contribution in [2.75, 3.05) is 0 Å². The molecule has 0 bridgehead atoms. The van der Waals surface area contributed by atoms with Gasteiger partial charge in [0.15, 0.2) is 0 Å². The van der Waals surface area contributed by atoms with Gasteiger partial charge in [-0.15, -0.1) is 0 Å². The lowest BCUT2D eigenvalue weighted by atomic mass is 10.1. The van der Waals surface area contributed by atoms with Crippen molar-refractivity contribution < 1.29 is 9.53 Å². The molecule has 0 saturated carbocycles. The summed E-state index contributed by atoms with van der Waals surface area (Å²) in [6, 6.07) is 0. The molecule has 0 spiro atoms. The van der Waals surface area contributed by atoms with Crippen LogP contribution in [-0.2, 0) is 9.53 Å². The van der Waals surface area contributed by atoms with E-state index in [-0.39, 0.29) is 16.4 Å². The second-order valence-corrected chi connectivity index (χ2v) is 5.44. The van der Waals surface area contributed by atoms with E-state index in [4.69, 9.17) is 4.74 Å². The first kappa shape index (κ1) is 11.7. The molecular formula is C9H15BrO2. The van der Waals surface area contributed by atoms with Gasteiger partial charge in [-0.25, -0.2) is 4.79 Å². The zero-order valence-corrected chi connectivity index (χ0v) is 9.56. The number of hydrogen-bond acceptors (Lipinski definition) is 2. The highest BCUT2D eigenvalue weighted by Crippen LogP contribution is 2.23. The summed E-state index contributed by atoms with van der Waals surface area (Å²) >= 11 is 3.41. The van der Waals surface area contributed by atoms with Gasteiger partial charge in [0.05, 0.1) is 4.32 Å². The molecule has 0 amide bonds. The molecule has 3 heteroatoms. The van der Waals surface area contributed by atoms with E-state index in [2.05, 4.69) is 22.5 Å². The van der Waals surface area contributed by atoms with Gasteiger partial charge in [-0.1, -0.05) is 22.5 Å². The molecule has 0 saturated heterocycles. The molecule has 2 nitrogen and oxygen atoms in total. The zero-order chi connectivity index (χ0) is 9.94. The van der Waals surface area contributed by atoms with Crippen LogP contribution in [0.25, 0.3) is 0 Å². The van der Waals surface area contributed by atoms with Crippen molar-refractivity contribution in [2.45, 2.75) is 38.1 Å². The standard InChI is InChI=1S/C9H15BrO2/c1-6(2)8(11)12-7(3)9(4,5)10/h7H,1H2,2-5H3. The Bertz CT molecular complexity index is 191. The predicted molar refractivity (Wildman–Crippen MR) is 53.4 cm³/mol. The van der Waals surface area contributed by atoms with E-state index in [0.29, 0.717) is 5.57 Å². The summed E-state index contributed by atoms with van der Waals surface area (Å²) in [5.41, 5.74) is 0.429. The van der Waals surface area contributed by atoms with E-state index in [1.54, 1.807) is 6.92 Å². The molecule has 0 heterocycles. The van der Waals surface area contributed by atoms with Crippen LogP contribution in [0, 0.1) is 0 Å². The van der Waals surface area contributed by atoms with Crippen molar-refractivity contribution in [1.82, 2.24) is 0 Å². The Balaban J connectivity index is 4.11. The average Bonchev–Trinajstić information content (AvgIpc) is 1.85. The van der Waals surface area contributed by atoms with Crippen LogP contribution in [0.4, 0.5) is 0 Å². The minimum Gasteiger partial charge on any atom is -0.458 e. The van der Waals surface area contributed by atoms with Crippen molar-refractivity contribution in [3.8, 4) is 0 Å². The fourth-order valence-corrected chi connectivity index (χ4v) is 0.495. The topological polar surface area (TPSA) is 26.3 Å². The molecule has 0 radical (unpaired) electrons. The minimum absolute atomic E-state index is 0.165. The third-order valence-electron chi connectivity index (χ3n) is 1.60. The largest absolute Gasteiger partial charge is 0.458 e. The van der Waals surface area contributed by atoms with Crippen LogP contribution in [0.15, 0.2) is 12.2 Å². The van der Waals surface area contributed by atoms with Gasteiger partial charge < -0.3 is 4.74 Å². The third-order valence-corrected chi connectivity index (χ3v) is 2.24. The molecule has 1 atom stereocenters. The molecule has 0 aliphatic carbocycles. The maximum Gasteiger partial charge on any atom is 0.333 e. The Labute approximate surface area is 82.1 Å². The van der Waals surface area contributed by atoms with Crippen molar-refractivity contribution in [3.63, 3.8) is 0 Å². The van der Waals surface area contributed by atoms with Gasteiger partial charge in [0.2, 0.25) is 0 Å². The molecule has 12 heavy (non-hydrogen) atoms. The molecule has 0 aromatic carbocycles. The van der Waals surface area contributed by atoms with Gasteiger partial charge in [-0.2, -0.15) is 0 Å². The number of rotatable bonds is 3. The smallest absolute Gasteiger partial charge is 0.333 e. The van der Waals surface area contributed by atoms with Crippen LogP contribution < -0.4 is 0 Å². The number of ether oxygens (including phenoxy) is 1. The van der Waals surface area contributed by atoms with Gasteiger partial charge in [0, 0.05) is 5.57 Å². The second-order valence-electron chi connectivity index (χ2n) is 3.39. The SMILES string of the molecule is C=C(C)C(=O)OC(C)C(C)(C)Br. The summed E-state index contributed by atoms with van der Waals surface area (Å²) in [7, 11) is 0. The quantitative estimate of drug-likeness (QED) is 0.427. The Morgan fingerprint density at radius 3 is 2.25 bits per heavy atom. The predicted octanol–water partition coefficient (Wildman–Crippen LogP) is 2.67. The first-order valence-corrected chi connectivity index (χ1v) is 4.60. The van der Waals surface area contributed by atoms with E-state index < -0.39 is 0 Å². The monoisotopic (exact) mass is 234 g/mol. The van der Waals surface area contributed by atoms with Crippen LogP contribution in [0.5, 0.6) is 0 Å². The number of alkyl halides is 1. The summed E-state index contributed by atoms with van der Waals surface area (Å²) in [4.78, 5) is 11.1. The van der Waals surface area contributed by atoms with Gasteiger partial charge in [-0.05, 0) is 27.7 Å². The maximum absolute atomic E-state index is 11.1. The summed E-state index contributed by atoms with van der Waals surface area (Å²) < 4.78 is 4.89. The van der Waals surface area contributed by atoms with Crippen LogP contribution in [0.1, 0.15) is 27.7 Å². The normalized spacial score (nSPS) is 13.8. The summed E-state index contributed by atoms with van der Waals surface area (Å²) in [5, 5.41) is 0. The molecule has 0 N–H and O–H groups in total. The van der Waals surface area contributed by atoms with E-state index in [1.165, 1.54) is 0 Å². The van der Waals surface area contributed by atoms with Gasteiger partial charge in [-0.3, -0.25) is 0 Å². The van der Waals surface area contributed by atoms with E-state index in [9.17, 15) is 4.79 Å². The molecule has 0 aliphatic heterocycles. The van der Waals surface area contributed by atoms with Crippen LogP contribution in [-0.4, -0.2) is 16.4 Å². The highest BCUT2D eigenvalue weighted by atomic mass is 79.9. The van der Waals surface area contributed by atoms with Crippen LogP contribution in [0.3, 0.4) is 0 Å². The number of esters is 1. The fraction of sp³-hybridized carbons (Fsp3) is 0.667. The lowest BCUT2D eigenvalue weighted by Gasteiger charge is -2.24. The number of halogens is 1. The Hall–Kier alpha value is -0.310. The summed E-state index contributed by atoms with van der Waals surface area (Å²) in [5.74, 6) is -0.338. The molecule has 0 rings (SSSR count). The molecule has 70 valence electrons. The highest BCUT2D eigenvalue weighted by Gasteiger charge is 2.25. The number of carbonyl (C=O) groups is 1. The fourth-order valence-electron chi connectivity index (χ4n) is 0.401. The zero-order valence-electron chi connectivity index (χ0n) is 7.98. The summed E-state index contributed by atoms with van der Waals surface area (Å²) in [6.07, 6.45) is -0.165. The first-order chi connectivity index (χ1) is 5.25. The van der Waals surface area contributed by atoms with Crippen LogP contribution >= 0.6 is 15.9 Å². The molecule has 1 unspecified atom stereocenters. The second kappa shape index (κ2) is 4.08. The Morgan fingerprint density at radius 1 is 1.58 bits per heavy atom. The van der Waals surface area contributed by atoms with E-state index in [1.807, 2.05) is 20.8 Å². The molecule has 0 aromatic rings. The highest BCUT2D eigenvalue weighted by molar-refractivity contribution is 9.10. The van der Waals surface area contributed by atoms with Gasteiger partial charge in [0.1, 0.15) is 6.10 Å². The average molecular weight is 235 g/mol. The van der Waals surface area contributed by atoms with Crippen molar-refractivity contribution >= 4 is 21.9 Å². The molecule has 0 aliphatic rings. The lowest BCUT2D eigenvalue weighted by Crippen LogP contribution is -2.31. The molecule has 0 aromatic heterocycles. The van der Waals surface area contributed by atoms with Crippen molar-refractivity contribution in [3.05, 3.63) is 12.2 Å². The van der Waals surface area contributed by atoms with Gasteiger partial charge in [0.25, 0.3) is 0 Å². The minimum atomic E-state index is -0.338. The Kier molecular flexibility index (Phi) is 3.97.